The van der Waals surface area contributed by atoms with E-state index in [1.165, 1.54) is 78.0 Å². The van der Waals surface area contributed by atoms with Crippen LogP contribution in [0.3, 0.4) is 0 Å². The molecule has 0 spiro atoms. The molecule has 0 saturated carbocycles. The highest BCUT2D eigenvalue weighted by atomic mass is 15.1. The lowest BCUT2D eigenvalue weighted by molar-refractivity contribution is 0.660. The third kappa shape index (κ3) is 5.46. The van der Waals surface area contributed by atoms with E-state index in [0.29, 0.717) is 0 Å². The fourth-order valence-electron chi connectivity index (χ4n) is 7.75. The van der Waals surface area contributed by atoms with E-state index < -0.39 is 0 Å². The maximum absolute atomic E-state index is 2.43. The molecule has 2 aliphatic carbocycles. The second-order valence-electron chi connectivity index (χ2n) is 13.2. The summed E-state index contributed by atoms with van der Waals surface area (Å²) in [4.78, 5) is 2.43. The van der Waals surface area contributed by atoms with Gasteiger partial charge >= 0.3 is 0 Å². The molecule has 6 aromatic rings. The lowest BCUT2D eigenvalue weighted by Gasteiger charge is -2.29. The number of hydrogen-bond donors (Lipinski definition) is 0. The van der Waals surface area contributed by atoms with Crippen molar-refractivity contribution < 1.29 is 0 Å². The Labute approximate surface area is 292 Å². The first-order chi connectivity index (χ1) is 24.0. The van der Waals surface area contributed by atoms with Gasteiger partial charge in [-0.2, -0.15) is 0 Å². The molecule has 0 amide bonds. The van der Waals surface area contributed by atoms with Crippen molar-refractivity contribution in [1.82, 2.24) is 4.57 Å². The van der Waals surface area contributed by atoms with E-state index in [9.17, 15) is 0 Å². The highest BCUT2D eigenvalue weighted by Crippen LogP contribution is 2.50. The van der Waals surface area contributed by atoms with Gasteiger partial charge in [-0.25, -0.2) is 0 Å². The summed E-state index contributed by atoms with van der Waals surface area (Å²) in [7, 11) is 0. The Balaban J connectivity index is 0.00000186. The fraction of sp³-hybridized carbons (Fsp3) is 0.191. The van der Waals surface area contributed by atoms with Gasteiger partial charge in [0.2, 0.25) is 0 Å². The number of nitrogens with zero attached hydrogens (tertiary/aromatic N) is 2. The predicted octanol–water partition coefficient (Wildman–Crippen LogP) is 13.6. The zero-order chi connectivity index (χ0) is 34.1. The molecule has 0 N–H and O–H groups in total. The maximum atomic E-state index is 2.43. The molecular weight excluding hydrogens is 593 g/mol. The van der Waals surface area contributed by atoms with E-state index >= 15 is 0 Å². The first-order valence-electron chi connectivity index (χ1n) is 17.8. The standard InChI is InChI=1S/C45H40N2.C2H6/c1-5-14-33(6-2)47-43-20-13-11-18-39(43)40-29-32(23-28-44(40)47)31-21-24-35(25-22-31)46(34-15-8-7-9-16-34)36-26-27-38-37-17-10-12-19-41(37)45(3,4)42(38)30-36;1-2/h5-6,8,10-30H,7,9H2,1-4H3;1-2H3/b14-5-,33-6+;. The summed E-state index contributed by atoms with van der Waals surface area (Å²) in [5.74, 6) is 0. The van der Waals surface area contributed by atoms with Gasteiger partial charge in [-0.3, -0.25) is 0 Å². The van der Waals surface area contributed by atoms with E-state index in [1.54, 1.807) is 0 Å². The zero-order valence-corrected chi connectivity index (χ0v) is 29.7. The Bertz CT molecular complexity index is 2290. The van der Waals surface area contributed by atoms with Crippen LogP contribution < -0.4 is 4.90 Å². The molecule has 49 heavy (non-hydrogen) atoms. The van der Waals surface area contributed by atoms with Crippen molar-refractivity contribution in [1.29, 1.82) is 0 Å². The molecule has 8 rings (SSSR count). The van der Waals surface area contributed by atoms with Crippen molar-refractivity contribution in [2.24, 2.45) is 0 Å². The predicted molar refractivity (Wildman–Crippen MR) is 214 cm³/mol. The quantitative estimate of drug-likeness (QED) is 0.165. The van der Waals surface area contributed by atoms with Crippen LogP contribution in [0.25, 0.3) is 49.8 Å². The molecule has 1 aromatic heterocycles. The average molecular weight is 639 g/mol. The Morgan fingerprint density at radius 2 is 1.37 bits per heavy atom. The molecule has 0 radical (unpaired) electrons. The number of aromatic nitrogens is 1. The lowest BCUT2D eigenvalue weighted by atomic mass is 9.82. The van der Waals surface area contributed by atoms with Crippen LogP contribution in [0.1, 0.15) is 65.5 Å². The smallest absolute Gasteiger partial charge is 0.0541 e. The summed E-state index contributed by atoms with van der Waals surface area (Å²) in [6.07, 6.45) is 15.6. The molecule has 5 aromatic carbocycles. The summed E-state index contributed by atoms with van der Waals surface area (Å²) >= 11 is 0. The van der Waals surface area contributed by atoms with Crippen molar-refractivity contribution in [3.63, 3.8) is 0 Å². The van der Waals surface area contributed by atoms with E-state index in [4.69, 9.17) is 0 Å². The summed E-state index contributed by atoms with van der Waals surface area (Å²) in [6, 6.07) is 40.7. The minimum atomic E-state index is -0.0451. The number of hydrogen-bond acceptors (Lipinski definition) is 1. The van der Waals surface area contributed by atoms with Gasteiger partial charge in [0.1, 0.15) is 0 Å². The van der Waals surface area contributed by atoms with Crippen LogP contribution in [0.4, 0.5) is 11.4 Å². The minimum absolute atomic E-state index is 0.0451. The van der Waals surface area contributed by atoms with Crippen molar-refractivity contribution in [3.8, 4) is 22.3 Å². The summed E-state index contributed by atoms with van der Waals surface area (Å²) in [6.45, 7) is 12.9. The van der Waals surface area contributed by atoms with Crippen LogP contribution in [0, 0.1) is 0 Å². The third-order valence-corrected chi connectivity index (χ3v) is 10.1. The molecule has 1 heterocycles. The van der Waals surface area contributed by atoms with Crippen LogP contribution >= 0.6 is 0 Å². The van der Waals surface area contributed by atoms with E-state index in [1.807, 2.05) is 13.8 Å². The largest absolute Gasteiger partial charge is 0.311 e. The normalized spacial score (nSPS) is 14.8. The number of fused-ring (bicyclic) bond motifs is 6. The highest BCUT2D eigenvalue weighted by molar-refractivity contribution is 6.11. The second-order valence-corrected chi connectivity index (χ2v) is 13.2. The number of allylic oxidation sites excluding steroid dienone is 7. The average Bonchev–Trinajstić information content (AvgIpc) is 3.60. The van der Waals surface area contributed by atoms with Crippen molar-refractivity contribution in [3.05, 3.63) is 162 Å². The van der Waals surface area contributed by atoms with Gasteiger partial charge in [0.15, 0.2) is 0 Å². The van der Waals surface area contributed by atoms with Crippen LogP contribution in [0.15, 0.2) is 151 Å². The molecule has 2 heteroatoms. The summed E-state index contributed by atoms with van der Waals surface area (Å²) < 4.78 is 2.37. The van der Waals surface area contributed by atoms with Gasteiger partial charge in [-0.1, -0.05) is 119 Å². The molecule has 0 aliphatic heterocycles. The number of rotatable bonds is 6. The van der Waals surface area contributed by atoms with E-state index in [-0.39, 0.29) is 5.41 Å². The molecule has 0 bridgehead atoms. The maximum Gasteiger partial charge on any atom is 0.0541 e. The topological polar surface area (TPSA) is 8.17 Å². The molecule has 0 fully saturated rings. The van der Waals surface area contributed by atoms with Gasteiger partial charge in [0.05, 0.1) is 11.0 Å². The zero-order valence-electron chi connectivity index (χ0n) is 29.7. The number of anilines is 2. The van der Waals surface area contributed by atoms with Gasteiger partial charge in [-0.15, -0.1) is 0 Å². The van der Waals surface area contributed by atoms with E-state index in [0.717, 1.165) is 12.8 Å². The van der Waals surface area contributed by atoms with Gasteiger partial charge < -0.3 is 9.47 Å². The van der Waals surface area contributed by atoms with Crippen LogP contribution in [-0.4, -0.2) is 4.57 Å². The van der Waals surface area contributed by atoms with Crippen LogP contribution in [-0.2, 0) is 5.41 Å². The molecule has 2 nitrogen and oxygen atoms in total. The number of para-hydroxylation sites is 1. The van der Waals surface area contributed by atoms with Gasteiger partial charge in [0.25, 0.3) is 0 Å². The van der Waals surface area contributed by atoms with Crippen molar-refractivity contribution in [2.75, 3.05) is 4.90 Å². The molecule has 0 saturated heterocycles. The Hall–Kier alpha value is -5.34. The molecule has 0 unspecified atom stereocenters. The number of benzene rings is 5. The van der Waals surface area contributed by atoms with E-state index in [2.05, 4.69) is 183 Å². The fourth-order valence-corrected chi connectivity index (χ4v) is 7.75. The lowest BCUT2D eigenvalue weighted by Crippen LogP contribution is -2.19. The second kappa shape index (κ2) is 13.3. The highest BCUT2D eigenvalue weighted by Gasteiger charge is 2.35. The van der Waals surface area contributed by atoms with Gasteiger partial charge in [0, 0.05) is 39.0 Å². The molecular formula is C47H46N2. The monoisotopic (exact) mass is 638 g/mol. The Morgan fingerprint density at radius 3 is 2.12 bits per heavy atom. The third-order valence-electron chi connectivity index (χ3n) is 10.1. The summed E-state index contributed by atoms with van der Waals surface area (Å²) in [5, 5.41) is 2.54. The molecule has 244 valence electrons. The van der Waals surface area contributed by atoms with Gasteiger partial charge in [-0.05, 0) is 115 Å². The Morgan fingerprint density at radius 1 is 0.673 bits per heavy atom. The summed E-state index contributed by atoms with van der Waals surface area (Å²) in [5.41, 5.74) is 15.1. The van der Waals surface area contributed by atoms with Crippen molar-refractivity contribution in [2.45, 2.75) is 59.8 Å². The first kappa shape index (κ1) is 32.2. The van der Waals surface area contributed by atoms with Crippen LogP contribution in [0.2, 0.25) is 0 Å². The SMILES string of the molecule is C/C=C\C(=C/C)n1c2ccccc2c2cc(-c3ccc(N(C4=CCCC=C4)c4ccc5c(c4)C(C)(C)c4ccccc4-5)cc3)ccc21.CC. The molecule has 0 atom stereocenters. The Kier molecular flexibility index (Phi) is 8.73. The minimum Gasteiger partial charge on any atom is -0.311 e. The van der Waals surface area contributed by atoms with Crippen molar-refractivity contribution >= 4 is 38.9 Å². The first-order valence-corrected chi connectivity index (χ1v) is 17.8. The van der Waals surface area contributed by atoms with Crippen LogP contribution in [0.5, 0.6) is 0 Å². The molecule has 2 aliphatic rings.